The van der Waals surface area contributed by atoms with Crippen LogP contribution in [0.25, 0.3) is 22.3 Å². The molecule has 0 atom stereocenters. The minimum absolute atomic E-state index is 0.144. The molecule has 2 spiro atoms. The molecule has 5 heterocycles. The zero-order valence-corrected chi connectivity index (χ0v) is 32.3. The third-order valence-electron chi connectivity index (χ3n) is 13.3. The van der Waals surface area contributed by atoms with Crippen molar-refractivity contribution in [3.8, 4) is 22.8 Å². The lowest BCUT2D eigenvalue weighted by molar-refractivity contribution is -0.0999. The van der Waals surface area contributed by atoms with E-state index in [9.17, 15) is 4.79 Å². The minimum atomic E-state index is -0.427. The van der Waals surface area contributed by atoms with Crippen LogP contribution in [-0.2, 0) is 4.74 Å². The van der Waals surface area contributed by atoms with Crippen molar-refractivity contribution in [2.24, 2.45) is 10.8 Å². The van der Waals surface area contributed by atoms with Gasteiger partial charge in [0.1, 0.15) is 34.9 Å². The van der Waals surface area contributed by atoms with E-state index in [2.05, 4.69) is 19.5 Å². The fraction of sp³-hybridized carbons (Fsp3) is 0.581. The zero-order valence-electron chi connectivity index (χ0n) is 32.3. The first-order chi connectivity index (χ1) is 26.0. The average Bonchev–Trinajstić information content (AvgIpc) is 3.54. The first-order valence-corrected chi connectivity index (χ1v) is 20.3. The molecule has 0 unspecified atom stereocenters. The van der Waals surface area contributed by atoms with Gasteiger partial charge in [0.2, 0.25) is 0 Å². The van der Waals surface area contributed by atoms with Crippen molar-refractivity contribution >= 4 is 22.9 Å². The molecular formula is C43H56N8O3. The number of carbonyl (C=O) groups excluding carboxylic acids is 1. The number of ether oxygens (including phenoxy) is 2. The molecule has 2 aromatic carbocycles. The quantitative estimate of drug-likeness (QED) is 0.211. The summed E-state index contributed by atoms with van der Waals surface area (Å²) in [5.41, 5.74) is 9.52. The van der Waals surface area contributed by atoms with Gasteiger partial charge in [0.25, 0.3) is 0 Å². The van der Waals surface area contributed by atoms with Gasteiger partial charge in [-0.1, -0.05) is 18.2 Å². The van der Waals surface area contributed by atoms with Crippen molar-refractivity contribution in [1.82, 2.24) is 34.4 Å². The van der Waals surface area contributed by atoms with Gasteiger partial charge in [-0.2, -0.15) is 5.10 Å². The maximum absolute atomic E-state index is 12.5. The molecule has 5 aliphatic rings. The Morgan fingerprint density at radius 3 is 1.96 bits per heavy atom. The monoisotopic (exact) mass is 732 g/mol. The molecule has 1 amide bonds. The number of para-hydroxylation sites is 1. The summed E-state index contributed by atoms with van der Waals surface area (Å²) in [5.74, 6) is 2.04. The van der Waals surface area contributed by atoms with E-state index in [1.807, 2.05) is 80.3 Å². The van der Waals surface area contributed by atoms with Gasteiger partial charge in [-0.05, 0) is 127 Å². The maximum atomic E-state index is 12.5. The molecule has 2 saturated carbocycles. The highest BCUT2D eigenvalue weighted by molar-refractivity contribution is 5.98. The number of piperidine rings is 1. The highest BCUT2D eigenvalue weighted by atomic mass is 16.6. The Morgan fingerprint density at radius 2 is 1.33 bits per heavy atom. The number of benzene rings is 2. The molecule has 11 nitrogen and oxygen atoms in total. The van der Waals surface area contributed by atoms with Crippen molar-refractivity contribution in [3.05, 3.63) is 60.9 Å². The third-order valence-corrected chi connectivity index (χ3v) is 13.3. The molecule has 0 bridgehead atoms. The lowest BCUT2D eigenvalue weighted by Gasteiger charge is -2.60. The van der Waals surface area contributed by atoms with E-state index in [0.29, 0.717) is 22.7 Å². The highest BCUT2D eigenvalue weighted by Gasteiger charge is 2.52. The van der Waals surface area contributed by atoms with Crippen molar-refractivity contribution in [2.45, 2.75) is 109 Å². The number of carbonyl (C=O) groups is 1. The van der Waals surface area contributed by atoms with Crippen LogP contribution in [-0.4, -0.2) is 97.5 Å². The van der Waals surface area contributed by atoms with Crippen LogP contribution >= 0.6 is 0 Å². The molecule has 54 heavy (non-hydrogen) atoms. The number of rotatable bonds is 6. The Hall–Kier alpha value is -4.22. The van der Waals surface area contributed by atoms with Crippen LogP contribution in [0.5, 0.6) is 11.5 Å². The van der Waals surface area contributed by atoms with E-state index in [0.717, 1.165) is 78.9 Å². The number of nitrogens with zero attached hydrogens (tertiary/aromatic N) is 7. The minimum Gasteiger partial charge on any atom is -0.457 e. The lowest BCUT2D eigenvalue weighted by atomic mass is 9.64. The summed E-state index contributed by atoms with van der Waals surface area (Å²) in [4.78, 5) is 29.0. The summed E-state index contributed by atoms with van der Waals surface area (Å²) >= 11 is 0. The van der Waals surface area contributed by atoms with Gasteiger partial charge >= 0.3 is 6.09 Å². The summed E-state index contributed by atoms with van der Waals surface area (Å²) in [6.45, 7) is 12.3. The van der Waals surface area contributed by atoms with Crippen molar-refractivity contribution < 1.29 is 14.3 Å². The fourth-order valence-electron chi connectivity index (χ4n) is 10.3. The molecule has 4 aromatic rings. The van der Waals surface area contributed by atoms with Gasteiger partial charge in [0, 0.05) is 62.3 Å². The molecule has 0 radical (unpaired) electrons. The molecule has 9 rings (SSSR count). The smallest absolute Gasteiger partial charge is 0.410 e. The molecule has 2 aromatic heterocycles. The SMILES string of the molecule is CC(C)(C)OC(=O)N1CC2(CCC(N3CC4(CCC(N5CCC(n6nc(-c7ccc(Oc8ccccc8)cc7)c7c(N)ncnc76)CC5)CC4)C3)CC2)C1. The number of anilines is 1. The number of likely N-dealkylation sites (tertiary alicyclic amines) is 3. The first-order valence-electron chi connectivity index (χ1n) is 20.3. The zero-order chi connectivity index (χ0) is 37.1. The number of nitrogens with two attached hydrogens (primary N) is 1. The Kier molecular flexibility index (Phi) is 9.08. The van der Waals surface area contributed by atoms with Crippen LogP contribution < -0.4 is 10.5 Å². The summed E-state index contributed by atoms with van der Waals surface area (Å²) in [7, 11) is 0. The molecule has 3 saturated heterocycles. The summed E-state index contributed by atoms with van der Waals surface area (Å²) in [6.07, 6.45) is 13.9. The Bertz CT molecular complexity index is 1930. The van der Waals surface area contributed by atoms with Crippen molar-refractivity contribution in [1.29, 1.82) is 0 Å². The van der Waals surface area contributed by atoms with Gasteiger partial charge in [-0.15, -0.1) is 0 Å². The number of aromatic nitrogens is 4. The molecule has 3 aliphatic heterocycles. The molecule has 5 fully saturated rings. The number of nitrogen functional groups attached to an aromatic ring is 1. The van der Waals surface area contributed by atoms with Crippen LogP contribution in [0.3, 0.4) is 0 Å². The topological polar surface area (TPSA) is 115 Å². The first kappa shape index (κ1) is 35.5. The van der Waals surface area contributed by atoms with Crippen LogP contribution in [0.15, 0.2) is 60.9 Å². The fourth-order valence-corrected chi connectivity index (χ4v) is 10.3. The molecule has 11 heteroatoms. The number of fused-ring (bicyclic) bond motifs is 1. The Balaban J connectivity index is 0.757. The third kappa shape index (κ3) is 6.94. The second-order valence-electron chi connectivity index (χ2n) is 18.2. The van der Waals surface area contributed by atoms with E-state index in [-0.39, 0.29) is 12.1 Å². The molecule has 286 valence electrons. The van der Waals surface area contributed by atoms with Gasteiger partial charge < -0.3 is 25.0 Å². The van der Waals surface area contributed by atoms with Crippen LogP contribution in [0.2, 0.25) is 0 Å². The van der Waals surface area contributed by atoms with E-state index in [4.69, 9.17) is 25.3 Å². The largest absolute Gasteiger partial charge is 0.457 e. The average molecular weight is 733 g/mol. The van der Waals surface area contributed by atoms with Crippen LogP contribution in [0.1, 0.15) is 91.0 Å². The maximum Gasteiger partial charge on any atom is 0.410 e. The number of hydrogen-bond donors (Lipinski definition) is 1. The van der Waals surface area contributed by atoms with E-state index in [1.165, 1.54) is 64.5 Å². The lowest BCUT2D eigenvalue weighted by Crippen LogP contribution is -2.65. The van der Waals surface area contributed by atoms with Crippen molar-refractivity contribution in [3.63, 3.8) is 0 Å². The normalized spacial score (nSPS) is 22.7. The summed E-state index contributed by atoms with van der Waals surface area (Å²) in [5, 5.41) is 5.99. The van der Waals surface area contributed by atoms with Gasteiger partial charge in [-0.3, -0.25) is 4.90 Å². The predicted octanol–water partition coefficient (Wildman–Crippen LogP) is 7.93. The number of hydrogen-bond acceptors (Lipinski definition) is 9. The highest BCUT2D eigenvalue weighted by Crippen LogP contribution is 2.50. The van der Waals surface area contributed by atoms with Gasteiger partial charge in [0.15, 0.2) is 5.65 Å². The van der Waals surface area contributed by atoms with Crippen molar-refractivity contribution in [2.75, 3.05) is 45.0 Å². The second kappa shape index (κ2) is 13.8. The van der Waals surface area contributed by atoms with Gasteiger partial charge in [0.05, 0.1) is 11.4 Å². The van der Waals surface area contributed by atoms with E-state index in [1.54, 1.807) is 6.33 Å². The Morgan fingerprint density at radius 1 is 0.741 bits per heavy atom. The Labute approximate surface area is 319 Å². The van der Waals surface area contributed by atoms with Crippen LogP contribution in [0.4, 0.5) is 10.6 Å². The van der Waals surface area contributed by atoms with E-state index < -0.39 is 5.60 Å². The standard InChI is InChI=1S/C43H56N8O3/c1-41(2,3)54-40(52)50-27-43(28-50)21-15-32(16-22-43)49-25-42(26-49)19-13-31(14-20-42)48-23-17-33(18-24-48)51-39-36(38(44)45-29-46-39)37(47-51)30-9-11-35(12-10-30)53-34-7-5-4-6-8-34/h4-12,29,31-33H,13-28H2,1-3H3,(H2,44,45,46). The van der Waals surface area contributed by atoms with Gasteiger partial charge in [-0.25, -0.2) is 19.4 Å². The second-order valence-corrected chi connectivity index (χ2v) is 18.2. The van der Waals surface area contributed by atoms with Crippen LogP contribution in [0, 0.1) is 10.8 Å². The summed E-state index contributed by atoms with van der Waals surface area (Å²) in [6, 6.07) is 19.5. The number of amides is 1. The summed E-state index contributed by atoms with van der Waals surface area (Å²) < 4.78 is 13.8. The predicted molar refractivity (Wildman–Crippen MR) is 210 cm³/mol. The van der Waals surface area contributed by atoms with E-state index >= 15 is 0 Å². The molecule has 2 N–H and O–H groups in total. The molecular weight excluding hydrogens is 677 g/mol. The molecule has 2 aliphatic carbocycles.